The normalized spacial score (nSPS) is 17.3. The molecule has 0 unspecified atom stereocenters. The fourth-order valence-corrected chi connectivity index (χ4v) is 5.35. The Morgan fingerprint density at radius 1 is 1.08 bits per heavy atom. The first-order chi connectivity index (χ1) is 18.7. The van der Waals surface area contributed by atoms with Crippen molar-refractivity contribution in [1.29, 1.82) is 0 Å². The van der Waals surface area contributed by atoms with Gasteiger partial charge in [-0.05, 0) is 62.2 Å². The average Bonchev–Trinajstić information content (AvgIpc) is 3.28. The van der Waals surface area contributed by atoms with Gasteiger partial charge < -0.3 is 14.4 Å². The van der Waals surface area contributed by atoms with Crippen LogP contribution in [0.5, 0.6) is 5.75 Å². The van der Waals surface area contributed by atoms with Crippen molar-refractivity contribution in [3.8, 4) is 11.4 Å². The molecule has 2 aliphatic rings. The first-order valence-corrected chi connectivity index (χ1v) is 13.1. The molecule has 12 heteroatoms. The van der Waals surface area contributed by atoms with Crippen molar-refractivity contribution in [3.63, 3.8) is 0 Å². The first-order valence-electron chi connectivity index (χ1n) is 12.8. The predicted molar refractivity (Wildman–Crippen MR) is 142 cm³/mol. The van der Waals surface area contributed by atoms with Crippen molar-refractivity contribution in [2.75, 3.05) is 49.6 Å². The van der Waals surface area contributed by atoms with Gasteiger partial charge in [0.2, 0.25) is 0 Å². The number of piperidine rings is 1. The Morgan fingerprint density at radius 3 is 2.41 bits per heavy atom. The van der Waals surface area contributed by atoms with Crippen LogP contribution in [0.15, 0.2) is 48.7 Å². The van der Waals surface area contributed by atoms with Crippen molar-refractivity contribution in [3.05, 3.63) is 64.9 Å². The maximum atomic E-state index is 12.8. The number of nitrogens with one attached hydrogen (secondary N) is 1. The number of hydrogen-bond donors (Lipinski definition) is 1. The topological polar surface area (TPSA) is 71.9 Å². The van der Waals surface area contributed by atoms with Gasteiger partial charge in [0, 0.05) is 37.9 Å². The van der Waals surface area contributed by atoms with Crippen LogP contribution < -0.4 is 15.0 Å². The number of nitrogens with zero attached hydrogens (tertiary/aromatic N) is 4. The van der Waals surface area contributed by atoms with Crippen LogP contribution in [0.2, 0.25) is 5.02 Å². The monoisotopic (exact) mass is 563 g/mol. The third kappa shape index (κ3) is 6.32. The van der Waals surface area contributed by atoms with Gasteiger partial charge in [0.15, 0.2) is 5.75 Å². The van der Waals surface area contributed by atoms with Crippen molar-refractivity contribution >= 4 is 29.1 Å². The molecule has 2 aliphatic heterocycles. The molecule has 3 aromatic rings. The van der Waals surface area contributed by atoms with Crippen LogP contribution in [0.1, 0.15) is 24.1 Å². The number of amides is 1. The lowest BCUT2D eigenvalue weighted by molar-refractivity contribution is -0.137. The second-order valence-corrected chi connectivity index (χ2v) is 10.0. The van der Waals surface area contributed by atoms with Gasteiger partial charge in [-0.3, -0.25) is 10.2 Å². The van der Waals surface area contributed by atoms with Crippen molar-refractivity contribution in [2.24, 2.45) is 0 Å². The van der Waals surface area contributed by atoms with Gasteiger partial charge in [-0.15, -0.1) is 0 Å². The van der Waals surface area contributed by atoms with Crippen LogP contribution in [-0.2, 0) is 10.9 Å². The van der Waals surface area contributed by atoms with E-state index in [1.165, 1.54) is 23.0 Å². The summed E-state index contributed by atoms with van der Waals surface area (Å²) in [6.45, 7) is 7.02. The minimum atomic E-state index is -4.43. The Labute approximate surface area is 229 Å². The molecule has 1 amide bonds. The van der Waals surface area contributed by atoms with E-state index < -0.39 is 17.8 Å². The fourth-order valence-electron chi connectivity index (χ4n) is 5.05. The van der Waals surface area contributed by atoms with Crippen LogP contribution in [0.3, 0.4) is 0 Å². The van der Waals surface area contributed by atoms with Crippen LogP contribution in [0, 0.1) is 6.92 Å². The zero-order chi connectivity index (χ0) is 27.6. The van der Waals surface area contributed by atoms with Gasteiger partial charge in [0.25, 0.3) is 0 Å². The number of rotatable bonds is 5. The molecule has 0 radical (unpaired) electrons. The molecule has 208 valence electrons. The summed E-state index contributed by atoms with van der Waals surface area (Å²) in [5.41, 5.74) is 1.51. The van der Waals surface area contributed by atoms with Crippen LogP contribution in [-0.4, -0.2) is 66.2 Å². The molecule has 0 aliphatic carbocycles. The molecular weight excluding hydrogens is 535 g/mol. The van der Waals surface area contributed by atoms with E-state index in [2.05, 4.69) is 20.2 Å². The lowest BCUT2D eigenvalue weighted by atomic mass is 10.0. The molecule has 39 heavy (non-hydrogen) atoms. The van der Waals surface area contributed by atoms with E-state index in [-0.39, 0.29) is 5.75 Å². The zero-order valence-corrected chi connectivity index (χ0v) is 22.1. The van der Waals surface area contributed by atoms with Gasteiger partial charge in [0.1, 0.15) is 0 Å². The molecule has 1 aromatic heterocycles. The summed E-state index contributed by atoms with van der Waals surface area (Å²) in [6.07, 6.45) is -1.71. The standard InChI is InChI=1S/C27H29ClF3N5O3/c1-18-25(17-32-36(18)22-5-2-19(3-6-22)27(29,30)31)39-26(37)33-20-4-7-24(23(28)16-20)35-10-8-21(9-11-35)34-12-14-38-15-13-34/h2-7,16-17,21H,8-15H2,1H3,(H,33,37). The molecule has 2 fully saturated rings. The molecule has 8 nitrogen and oxygen atoms in total. The summed E-state index contributed by atoms with van der Waals surface area (Å²) in [6, 6.07) is 10.5. The summed E-state index contributed by atoms with van der Waals surface area (Å²) >= 11 is 6.58. The van der Waals surface area contributed by atoms with Gasteiger partial charge >= 0.3 is 12.3 Å². The van der Waals surface area contributed by atoms with Gasteiger partial charge in [-0.1, -0.05) is 11.6 Å². The van der Waals surface area contributed by atoms with Crippen LogP contribution >= 0.6 is 11.6 Å². The number of hydrogen-bond acceptors (Lipinski definition) is 6. The largest absolute Gasteiger partial charge is 0.417 e. The average molecular weight is 564 g/mol. The van der Waals surface area contributed by atoms with E-state index in [1.807, 2.05) is 6.07 Å². The molecular formula is C27H29ClF3N5O3. The summed E-state index contributed by atoms with van der Waals surface area (Å²) in [5, 5.41) is 7.34. The number of anilines is 2. The van der Waals surface area contributed by atoms with Crippen LogP contribution in [0.25, 0.3) is 5.69 Å². The highest BCUT2D eigenvalue weighted by Crippen LogP contribution is 2.33. The molecule has 0 atom stereocenters. The van der Waals surface area contributed by atoms with Crippen LogP contribution in [0.4, 0.5) is 29.3 Å². The van der Waals surface area contributed by atoms with Crippen molar-refractivity contribution in [1.82, 2.24) is 14.7 Å². The summed E-state index contributed by atoms with van der Waals surface area (Å²) < 4.78 is 50.8. The second-order valence-electron chi connectivity index (χ2n) is 9.60. The number of carbonyl (C=O) groups excluding carboxylic acids is 1. The minimum absolute atomic E-state index is 0.179. The SMILES string of the molecule is Cc1c(OC(=O)Nc2ccc(N3CCC(N4CCOCC4)CC3)c(Cl)c2)cnn1-c1ccc(C(F)(F)F)cc1. The number of aromatic nitrogens is 2. The highest BCUT2D eigenvalue weighted by molar-refractivity contribution is 6.33. The molecule has 2 saturated heterocycles. The minimum Gasteiger partial charge on any atom is -0.406 e. The maximum absolute atomic E-state index is 12.8. The Balaban J connectivity index is 1.17. The highest BCUT2D eigenvalue weighted by atomic mass is 35.5. The van der Waals surface area contributed by atoms with Crippen molar-refractivity contribution < 1.29 is 27.4 Å². The Bertz CT molecular complexity index is 1300. The molecule has 0 bridgehead atoms. The number of alkyl halides is 3. The number of carbonyl (C=O) groups is 1. The van der Waals surface area contributed by atoms with E-state index >= 15 is 0 Å². The summed E-state index contributed by atoms with van der Waals surface area (Å²) in [4.78, 5) is 17.3. The molecule has 0 saturated carbocycles. The lowest BCUT2D eigenvalue weighted by Crippen LogP contribution is -2.49. The number of halogens is 4. The van der Waals surface area contributed by atoms with E-state index in [9.17, 15) is 18.0 Å². The first kappa shape index (κ1) is 27.3. The Hall–Kier alpha value is -3.28. The smallest absolute Gasteiger partial charge is 0.406 e. The zero-order valence-electron chi connectivity index (χ0n) is 21.4. The third-order valence-corrected chi connectivity index (χ3v) is 7.47. The quantitative estimate of drug-likeness (QED) is 0.425. The number of morpholine rings is 1. The number of ether oxygens (including phenoxy) is 2. The van der Waals surface area contributed by atoms with Gasteiger partial charge in [-0.2, -0.15) is 18.3 Å². The summed E-state index contributed by atoms with van der Waals surface area (Å²) in [5.74, 6) is 0.179. The molecule has 2 aromatic carbocycles. The van der Waals surface area contributed by atoms with Crippen molar-refractivity contribution in [2.45, 2.75) is 32.0 Å². The van der Waals surface area contributed by atoms with E-state index in [0.29, 0.717) is 28.1 Å². The van der Waals surface area contributed by atoms with E-state index in [0.717, 1.165) is 70.1 Å². The highest BCUT2D eigenvalue weighted by Gasteiger charge is 2.30. The fraction of sp³-hybridized carbons (Fsp3) is 0.407. The Kier molecular flexibility index (Phi) is 8.01. The summed E-state index contributed by atoms with van der Waals surface area (Å²) in [7, 11) is 0. The predicted octanol–water partition coefficient (Wildman–Crippen LogP) is 5.76. The number of benzene rings is 2. The van der Waals surface area contributed by atoms with E-state index in [4.69, 9.17) is 21.1 Å². The Morgan fingerprint density at radius 2 is 1.77 bits per heavy atom. The molecule has 1 N–H and O–H groups in total. The van der Waals surface area contributed by atoms with E-state index in [1.54, 1.807) is 19.1 Å². The van der Waals surface area contributed by atoms with Gasteiger partial charge in [-0.25, -0.2) is 9.48 Å². The van der Waals surface area contributed by atoms with Gasteiger partial charge in [0.05, 0.1) is 47.1 Å². The third-order valence-electron chi connectivity index (χ3n) is 7.17. The molecule has 3 heterocycles. The second kappa shape index (κ2) is 11.4. The molecule has 0 spiro atoms. The molecule has 5 rings (SSSR count). The maximum Gasteiger partial charge on any atom is 0.417 e. The lowest BCUT2D eigenvalue weighted by Gasteiger charge is -2.41.